The quantitative estimate of drug-likeness (QED) is 0.737. The first-order valence-electron chi connectivity index (χ1n) is 8.85. The highest BCUT2D eigenvalue weighted by atomic mass is 32.1. The summed E-state index contributed by atoms with van der Waals surface area (Å²) in [6, 6.07) is 9.60. The lowest BCUT2D eigenvalue weighted by molar-refractivity contribution is -0.117. The maximum absolute atomic E-state index is 12.5. The molecule has 1 unspecified atom stereocenters. The molecule has 4 amide bonds. The normalized spacial score (nSPS) is 14.5. The van der Waals surface area contributed by atoms with E-state index in [0.717, 1.165) is 25.9 Å². The zero-order chi connectivity index (χ0) is 19.2. The van der Waals surface area contributed by atoms with Crippen LogP contribution >= 0.6 is 11.3 Å². The Labute approximate surface area is 161 Å². The molecule has 1 fully saturated rings. The van der Waals surface area contributed by atoms with Crippen molar-refractivity contribution in [2.45, 2.75) is 25.8 Å². The van der Waals surface area contributed by atoms with Crippen molar-refractivity contribution in [2.75, 3.05) is 23.7 Å². The van der Waals surface area contributed by atoms with Gasteiger partial charge < -0.3 is 20.9 Å². The first-order chi connectivity index (χ1) is 13.0. The molecule has 1 atom stereocenters. The molecule has 0 bridgehead atoms. The number of para-hydroxylation sites is 2. The monoisotopic (exact) mass is 386 g/mol. The Morgan fingerprint density at radius 2 is 1.67 bits per heavy atom. The lowest BCUT2D eigenvalue weighted by atomic mass is 10.2. The molecule has 8 heteroatoms. The topological polar surface area (TPSA) is 90.5 Å². The van der Waals surface area contributed by atoms with Crippen LogP contribution in [0.1, 0.15) is 29.4 Å². The van der Waals surface area contributed by atoms with E-state index in [1.54, 1.807) is 53.6 Å². The second-order valence-corrected chi connectivity index (χ2v) is 7.28. The lowest BCUT2D eigenvalue weighted by Crippen LogP contribution is -2.41. The molecular weight excluding hydrogens is 364 g/mol. The van der Waals surface area contributed by atoms with E-state index in [1.807, 2.05) is 0 Å². The number of hydrogen-bond acceptors (Lipinski definition) is 4. The highest BCUT2D eigenvalue weighted by Gasteiger charge is 2.21. The number of nitrogens with one attached hydrogen (secondary N) is 3. The van der Waals surface area contributed by atoms with Gasteiger partial charge in [0.15, 0.2) is 0 Å². The molecule has 2 aromatic rings. The number of nitrogens with zero attached hydrogens (tertiary/aromatic N) is 1. The number of benzene rings is 1. The summed E-state index contributed by atoms with van der Waals surface area (Å²) in [4.78, 5) is 39.2. The highest BCUT2D eigenvalue weighted by molar-refractivity contribution is 7.12. The number of carbonyl (C=O) groups excluding carboxylic acids is 3. The van der Waals surface area contributed by atoms with Gasteiger partial charge in [0, 0.05) is 13.1 Å². The Kier molecular flexibility index (Phi) is 6.08. The fourth-order valence-corrected chi connectivity index (χ4v) is 3.42. The van der Waals surface area contributed by atoms with E-state index in [-0.39, 0.29) is 17.8 Å². The molecule has 7 nitrogen and oxygen atoms in total. The molecule has 0 aliphatic carbocycles. The van der Waals surface area contributed by atoms with Crippen molar-refractivity contribution in [2.24, 2.45) is 0 Å². The summed E-state index contributed by atoms with van der Waals surface area (Å²) in [7, 11) is 0. The fraction of sp³-hybridized carbons (Fsp3) is 0.316. The summed E-state index contributed by atoms with van der Waals surface area (Å²) in [6.07, 6.45) is 2.01. The van der Waals surface area contributed by atoms with Gasteiger partial charge in [-0.25, -0.2) is 4.79 Å². The molecule has 1 aliphatic heterocycles. The Balaban J connectivity index is 1.61. The lowest BCUT2D eigenvalue weighted by Gasteiger charge is -2.19. The minimum atomic E-state index is -0.720. The number of thiophene rings is 1. The molecule has 0 radical (unpaired) electrons. The standard InChI is InChI=1S/C19H22N4O3S/c1-13(20-18(25)16-9-6-12-27-16)17(24)21-14-7-2-3-8-15(14)22-19(26)23-10-4-5-11-23/h2-3,6-9,12-13H,4-5,10-11H2,1H3,(H,20,25)(H,21,24)(H,22,26). The first-order valence-corrected chi connectivity index (χ1v) is 9.73. The van der Waals surface area contributed by atoms with E-state index in [0.29, 0.717) is 16.3 Å². The van der Waals surface area contributed by atoms with Crippen molar-refractivity contribution in [1.29, 1.82) is 0 Å². The zero-order valence-corrected chi connectivity index (χ0v) is 15.8. The average Bonchev–Trinajstić information content (AvgIpc) is 3.37. The summed E-state index contributed by atoms with van der Waals surface area (Å²) in [5.74, 6) is -0.647. The minimum absolute atomic E-state index is 0.173. The van der Waals surface area contributed by atoms with Crippen molar-refractivity contribution in [3.05, 3.63) is 46.7 Å². The molecule has 1 aromatic carbocycles. The smallest absolute Gasteiger partial charge is 0.321 e. The Morgan fingerprint density at radius 1 is 1.00 bits per heavy atom. The van der Waals surface area contributed by atoms with Crippen molar-refractivity contribution >= 4 is 40.6 Å². The largest absolute Gasteiger partial charge is 0.340 e. The Morgan fingerprint density at radius 3 is 2.30 bits per heavy atom. The molecule has 0 saturated carbocycles. The maximum atomic E-state index is 12.5. The predicted octanol–water partition coefficient (Wildman–Crippen LogP) is 3.13. The van der Waals surface area contributed by atoms with Gasteiger partial charge in [-0.1, -0.05) is 18.2 Å². The van der Waals surface area contributed by atoms with Gasteiger partial charge in [0.05, 0.1) is 16.3 Å². The van der Waals surface area contributed by atoms with Crippen molar-refractivity contribution < 1.29 is 14.4 Å². The van der Waals surface area contributed by atoms with Gasteiger partial charge in [-0.15, -0.1) is 11.3 Å². The number of amides is 4. The third kappa shape index (κ3) is 4.85. The van der Waals surface area contributed by atoms with E-state index in [2.05, 4.69) is 16.0 Å². The van der Waals surface area contributed by atoms with Crippen molar-refractivity contribution in [1.82, 2.24) is 10.2 Å². The third-order valence-electron chi connectivity index (χ3n) is 4.31. The molecule has 1 aliphatic rings. The van der Waals surface area contributed by atoms with Crippen LogP contribution in [0.5, 0.6) is 0 Å². The van der Waals surface area contributed by atoms with Crippen molar-refractivity contribution in [3.63, 3.8) is 0 Å². The number of anilines is 2. The summed E-state index contributed by atoms with van der Waals surface area (Å²) in [5.41, 5.74) is 1.02. The van der Waals surface area contributed by atoms with Crippen LogP contribution in [-0.2, 0) is 4.79 Å². The molecule has 0 spiro atoms. The van der Waals surface area contributed by atoms with Gasteiger partial charge in [-0.05, 0) is 43.3 Å². The Bertz CT molecular complexity index is 816. The summed E-state index contributed by atoms with van der Waals surface area (Å²) < 4.78 is 0. The van der Waals surface area contributed by atoms with E-state index >= 15 is 0 Å². The van der Waals surface area contributed by atoms with Crippen LogP contribution in [0, 0.1) is 0 Å². The molecular formula is C19H22N4O3S. The fourth-order valence-electron chi connectivity index (χ4n) is 2.80. The van der Waals surface area contributed by atoms with E-state index in [4.69, 9.17) is 0 Å². The van der Waals surface area contributed by atoms with Crippen LogP contribution in [-0.4, -0.2) is 41.9 Å². The van der Waals surface area contributed by atoms with Gasteiger partial charge in [0.1, 0.15) is 6.04 Å². The number of carbonyl (C=O) groups is 3. The van der Waals surface area contributed by atoms with Gasteiger partial charge in [0.25, 0.3) is 5.91 Å². The van der Waals surface area contributed by atoms with Gasteiger partial charge in [0.2, 0.25) is 5.91 Å². The molecule has 3 rings (SSSR count). The number of hydrogen-bond donors (Lipinski definition) is 3. The molecule has 1 aromatic heterocycles. The van der Waals surface area contributed by atoms with Gasteiger partial charge in [-0.3, -0.25) is 9.59 Å². The molecule has 142 valence electrons. The van der Waals surface area contributed by atoms with E-state index < -0.39 is 6.04 Å². The van der Waals surface area contributed by atoms with Crippen LogP contribution in [0.25, 0.3) is 0 Å². The van der Waals surface area contributed by atoms with Gasteiger partial charge >= 0.3 is 6.03 Å². The van der Waals surface area contributed by atoms with Crippen molar-refractivity contribution in [3.8, 4) is 0 Å². The van der Waals surface area contributed by atoms with Crippen LogP contribution in [0.4, 0.5) is 16.2 Å². The molecule has 2 heterocycles. The average molecular weight is 386 g/mol. The highest BCUT2D eigenvalue weighted by Crippen LogP contribution is 2.22. The minimum Gasteiger partial charge on any atom is -0.340 e. The van der Waals surface area contributed by atoms with Crippen LogP contribution < -0.4 is 16.0 Å². The second-order valence-electron chi connectivity index (χ2n) is 6.33. The summed E-state index contributed by atoms with van der Waals surface area (Å²) in [6.45, 7) is 3.10. The second kappa shape index (κ2) is 8.68. The first kappa shape index (κ1) is 18.9. The summed E-state index contributed by atoms with van der Waals surface area (Å²) in [5, 5.41) is 10.1. The number of rotatable bonds is 5. The zero-order valence-electron chi connectivity index (χ0n) is 15.0. The number of likely N-dealkylation sites (tertiary alicyclic amines) is 1. The summed E-state index contributed by atoms with van der Waals surface area (Å²) >= 11 is 1.31. The van der Waals surface area contributed by atoms with Crippen LogP contribution in [0.3, 0.4) is 0 Å². The molecule has 27 heavy (non-hydrogen) atoms. The van der Waals surface area contributed by atoms with Crippen LogP contribution in [0.2, 0.25) is 0 Å². The molecule has 3 N–H and O–H groups in total. The Hall–Kier alpha value is -2.87. The van der Waals surface area contributed by atoms with E-state index in [9.17, 15) is 14.4 Å². The van der Waals surface area contributed by atoms with E-state index in [1.165, 1.54) is 11.3 Å². The van der Waals surface area contributed by atoms with Crippen LogP contribution in [0.15, 0.2) is 41.8 Å². The number of urea groups is 1. The SMILES string of the molecule is CC(NC(=O)c1cccs1)C(=O)Nc1ccccc1NC(=O)N1CCCC1. The third-order valence-corrected chi connectivity index (χ3v) is 5.17. The predicted molar refractivity (Wildman–Crippen MR) is 106 cm³/mol. The van der Waals surface area contributed by atoms with Gasteiger partial charge in [-0.2, -0.15) is 0 Å². The molecule has 1 saturated heterocycles. The maximum Gasteiger partial charge on any atom is 0.321 e.